The van der Waals surface area contributed by atoms with Crippen molar-refractivity contribution < 1.29 is 18.3 Å². The Morgan fingerprint density at radius 2 is 1.91 bits per heavy atom. The average Bonchev–Trinajstić information content (AvgIpc) is 3.25. The summed E-state index contributed by atoms with van der Waals surface area (Å²) >= 11 is 1.33. The Labute approximate surface area is 200 Å². The number of thiazole rings is 1. The highest BCUT2D eigenvalue weighted by molar-refractivity contribution is 7.07. The van der Waals surface area contributed by atoms with Crippen LogP contribution in [0.5, 0.6) is 0 Å². The molecule has 2 aromatic carbocycles. The van der Waals surface area contributed by atoms with Gasteiger partial charge in [0, 0.05) is 45.2 Å². The maximum Gasteiger partial charge on any atom is 0.314 e. The van der Waals surface area contributed by atoms with Crippen molar-refractivity contribution in [2.24, 2.45) is 4.99 Å². The molecule has 4 rings (SSSR count). The van der Waals surface area contributed by atoms with Crippen LogP contribution in [0, 0.1) is 11.6 Å². The maximum atomic E-state index is 14.2. The first-order chi connectivity index (χ1) is 16.5. The molecule has 2 amide bonds. The summed E-state index contributed by atoms with van der Waals surface area (Å²) in [6.07, 6.45) is 0. The van der Waals surface area contributed by atoms with E-state index in [0.29, 0.717) is 17.9 Å². The van der Waals surface area contributed by atoms with Crippen molar-refractivity contribution in [3.05, 3.63) is 69.8 Å². The molecule has 34 heavy (non-hydrogen) atoms. The lowest BCUT2D eigenvalue weighted by atomic mass is 10.1. The summed E-state index contributed by atoms with van der Waals surface area (Å²) in [6, 6.07) is 11.9. The first-order valence-corrected chi connectivity index (χ1v) is 11.9. The number of amides is 2. The fraction of sp³-hybridized carbons (Fsp3) is 0.333. The zero-order valence-electron chi connectivity index (χ0n) is 18.9. The van der Waals surface area contributed by atoms with Gasteiger partial charge in [-0.15, -0.1) is 11.3 Å². The quantitative estimate of drug-likeness (QED) is 0.536. The van der Waals surface area contributed by atoms with E-state index in [9.17, 15) is 13.6 Å². The van der Waals surface area contributed by atoms with Crippen LogP contribution in [-0.4, -0.2) is 55.4 Å². The molecule has 1 aliphatic heterocycles. The van der Waals surface area contributed by atoms with Gasteiger partial charge in [0.05, 0.1) is 18.9 Å². The van der Waals surface area contributed by atoms with Crippen molar-refractivity contribution in [2.75, 3.05) is 39.9 Å². The van der Waals surface area contributed by atoms with E-state index in [4.69, 9.17) is 4.74 Å². The number of carbonyl (C=O) groups is 1. The Kier molecular flexibility index (Phi) is 8.04. The van der Waals surface area contributed by atoms with Gasteiger partial charge in [-0.3, -0.25) is 4.90 Å². The number of nitrogens with zero attached hydrogens (tertiary/aromatic N) is 3. The number of aromatic nitrogens is 1. The number of rotatable bonds is 7. The molecule has 180 valence electrons. The van der Waals surface area contributed by atoms with Crippen molar-refractivity contribution >= 4 is 23.1 Å². The highest BCUT2D eigenvalue weighted by Gasteiger charge is 2.13. The number of carbonyl (C=O) groups excluding carboxylic acids is 1. The van der Waals surface area contributed by atoms with E-state index in [0.717, 1.165) is 50.2 Å². The Balaban J connectivity index is 1.62. The highest BCUT2D eigenvalue weighted by Crippen LogP contribution is 2.23. The Hall–Kier alpha value is -3.08. The molecule has 2 N–H and O–H groups in total. The summed E-state index contributed by atoms with van der Waals surface area (Å²) in [7, 11) is 1.55. The molecular weight excluding hydrogens is 460 g/mol. The third kappa shape index (κ3) is 5.88. The molecule has 1 aliphatic rings. The van der Waals surface area contributed by atoms with Gasteiger partial charge in [-0.2, -0.15) is 0 Å². The minimum atomic E-state index is -0.986. The molecule has 1 aromatic heterocycles. The number of urea groups is 1. The second-order valence-electron chi connectivity index (χ2n) is 7.83. The molecule has 0 atom stereocenters. The van der Waals surface area contributed by atoms with Gasteiger partial charge in [0.2, 0.25) is 0 Å². The van der Waals surface area contributed by atoms with Crippen molar-refractivity contribution in [3.63, 3.8) is 0 Å². The minimum absolute atomic E-state index is 0.0673. The largest absolute Gasteiger partial charge is 0.379 e. The Bertz CT molecular complexity index is 1190. The van der Waals surface area contributed by atoms with Gasteiger partial charge in [-0.05, 0) is 23.3 Å². The van der Waals surface area contributed by atoms with Crippen LogP contribution in [-0.2, 0) is 17.8 Å². The summed E-state index contributed by atoms with van der Waals surface area (Å²) in [5, 5.41) is 7.21. The summed E-state index contributed by atoms with van der Waals surface area (Å²) < 4.78 is 35.2. The van der Waals surface area contributed by atoms with E-state index in [-0.39, 0.29) is 11.7 Å². The predicted octanol–water partition coefficient (Wildman–Crippen LogP) is 3.49. The standard InChI is InChI=1S/C24H27F2N5O2S/c1-27-23(32)28-9-10-31-21(16-34-24(31)29-20-4-2-3-19(25)22(20)26)18-7-5-17(6-8-18)15-30-11-13-33-14-12-30/h2-8,16H,9-15H2,1H3,(H2,27,28,32). The minimum Gasteiger partial charge on any atom is -0.379 e. The van der Waals surface area contributed by atoms with E-state index in [1.54, 1.807) is 7.05 Å². The van der Waals surface area contributed by atoms with Crippen LogP contribution in [0.1, 0.15) is 5.56 Å². The topological polar surface area (TPSA) is 70.9 Å². The number of nitrogens with one attached hydrogen (secondary N) is 2. The third-order valence-corrected chi connectivity index (χ3v) is 6.42. The summed E-state index contributed by atoms with van der Waals surface area (Å²) in [4.78, 5) is 18.8. The molecule has 0 unspecified atom stereocenters. The van der Waals surface area contributed by atoms with Crippen LogP contribution in [0.25, 0.3) is 11.3 Å². The van der Waals surface area contributed by atoms with Gasteiger partial charge in [0.1, 0.15) is 5.69 Å². The number of benzene rings is 2. The predicted molar refractivity (Wildman–Crippen MR) is 128 cm³/mol. The number of halogens is 2. The lowest BCUT2D eigenvalue weighted by molar-refractivity contribution is 0.0342. The van der Waals surface area contributed by atoms with E-state index < -0.39 is 11.6 Å². The van der Waals surface area contributed by atoms with Crippen LogP contribution >= 0.6 is 11.3 Å². The van der Waals surface area contributed by atoms with Crippen LogP contribution in [0.15, 0.2) is 52.8 Å². The molecule has 10 heteroatoms. The van der Waals surface area contributed by atoms with Crippen molar-refractivity contribution in [1.29, 1.82) is 0 Å². The Morgan fingerprint density at radius 3 is 2.65 bits per heavy atom. The van der Waals surface area contributed by atoms with E-state index >= 15 is 0 Å². The van der Waals surface area contributed by atoms with Crippen LogP contribution < -0.4 is 15.4 Å². The van der Waals surface area contributed by atoms with Crippen molar-refractivity contribution in [3.8, 4) is 11.3 Å². The first kappa shape index (κ1) is 24.1. The van der Waals surface area contributed by atoms with Gasteiger partial charge >= 0.3 is 6.03 Å². The molecule has 0 saturated carbocycles. The molecular formula is C24H27F2N5O2S. The van der Waals surface area contributed by atoms with E-state index in [1.165, 1.54) is 29.0 Å². The van der Waals surface area contributed by atoms with Gasteiger partial charge in [-0.25, -0.2) is 18.6 Å². The molecule has 1 fully saturated rings. The van der Waals surface area contributed by atoms with Crippen LogP contribution in [0.2, 0.25) is 0 Å². The molecule has 0 bridgehead atoms. The van der Waals surface area contributed by atoms with Crippen LogP contribution in [0.3, 0.4) is 0 Å². The molecule has 7 nitrogen and oxygen atoms in total. The third-order valence-electron chi connectivity index (χ3n) is 5.55. The normalized spacial score (nSPS) is 14.9. The Morgan fingerprint density at radius 1 is 1.15 bits per heavy atom. The second-order valence-corrected chi connectivity index (χ2v) is 8.67. The van der Waals surface area contributed by atoms with E-state index in [2.05, 4.69) is 32.7 Å². The lowest BCUT2D eigenvalue weighted by Crippen LogP contribution is -2.36. The van der Waals surface area contributed by atoms with Gasteiger partial charge in [-0.1, -0.05) is 30.3 Å². The SMILES string of the molecule is CNC(=O)NCCn1c(-c2ccc(CN3CCOCC3)cc2)csc1=Nc1cccc(F)c1F. The van der Waals surface area contributed by atoms with Crippen molar-refractivity contribution in [1.82, 2.24) is 20.1 Å². The van der Waals surface area contributed by atoms with E-state index in [1.807, 2.05) is 22.1 Å². The zero-order chi connectivity index (χ0) is 23.9. The monoisotopic (exact) mass is 487 g/mol. The average molecular weight is 488 g/mol. The summed E-state index contributed by atoms with van der Waals surface area (Å²) in [6.45, 7) is 4.99. The molecule has 0 aliphatic carbocycles. The number of hydrogen-bond donors (Lipinski definition) is 2. The van der Waals surface area contributed by atoms with Gasteiger partial charge < -0.3 is 19.9 Å². The fourth-order valence-electron chi connectivity index (χ4n) is 3.72. The fourth-order valence-corrected chi connectivity index (χ4v) is 4.66. The van der Waals surface area contributed by atoms with Gasteiger partial charge in [0.25, 0.3) is 0 Å². The van der Waals surface area contributed by atoms with Gasteiger partial charge in [0.15, 0.2) is 16.4 Å². The molecule has 0 spiro atoms. The molecule has 2 heterocycles. The lowest BCUT2D eigenvalue weighted by Gasteiger charge is -2.26. The summed E-state index contributed by atoms with van der Waals surface area (Å²) in [5.41, 5.74) is 3.00. The molecule has 3 aromatic rings. The first-order valence-electron chi connectivity index (χ1n) is 11.1. The number of hydrogen-bond acceptors (Lipinski definition) is 5. The molecule has 0 radical (unpaired) electrons. The number of ether oxygens (including phenoxy) is 1. The highest BCUT2D eigenvalue weighted by atomic mass is 32.1. The summed E-state index contributed by atoms with van der Waals surface area (Å²) in [5.74, 6) is -1.93. The zero-order valence-corrected chi connectivity index (χ0v) is 19.7. The molecule has 1 saturated heterocycles. The van der Waals surface area contributed by atoms with Crippen LogP contribution in [0.4, 0.5) is 19.3 Å². The van der Waals surface area contributed by atoms with Crippen molar-refractivity contribution in [2.45, 2.75) is 13.1 Å². The number of morpholine rings is 1. The smallest absolute Gasteiger partial charge is 0.314 e. The maximum absolute atomic E-state index is 14.2. The second kappa shape index (κ2) is 11.4.